The molecule has 1 fully saturated rings. The van der Waals surface area contributed by atoms with Crippen LogP contribution in [0.3, 0.4) is 0 Å². The van der Waals surface area contributed by atoms with E-state index in [4.69, 9.17) is 0 Å². The lowest BCUT2D eigenvalue weighted by Crippen LogP contribution is -2.41. The molecule has 0 radical (unpaired) electrons. The molecule has 2 heterocycles. The molecule has 0 saturated carbocycles. The Bertz CT molecular complexity index is 866. The third-order valence-electron chi connectivity index (χ3n) is 5.11. The van der Waals surface area contributed by atoms with Crippen LogP contribution < -0.4 is 0 Å². The summed E-state index contributed by atoms with van der Waals surface area (Å²) >= 11 is 0.816. The van der Waals surface area contributed by atoms with Gasteiger partial charge in [-0.15, -0.1) is 11.3 Å². The van der Waals surface area contributed by atoms with Gasteiger partial charge in [0.25, 0.3) is 0 Å². The number of thiazole rings is 1. The van der Waals surface area contributed by atoms with E-state index in [9.17, 15) is 28.0 Å². The molecule has 1 aromatic heterocycles. The van der Waals surface area contributed by atoms with Gasteiger partial charge >= 0.3 is 6.18 Å². The van der Waals surface area contributed by atoms with Gasteiger partial charge in [0.15, 0.2) is 11.5 Å². The van der Waals surface area contributed by atoms with Crippen molar-refractivity contribution in [3.8, 4) is 6.07 Å². The predicted octanol–water partition coefficient (Wildman–Crippen LogP) is 3.37. The highest BCUT2D eigenvalue weighted by Gasteiger charge is 2.48. The van der Waals surface area contributed by atoms with E-state index in [2.05, 4.69) is 4.98 Å². The molecule has 1 amide bonds. The van der Waals surface area contributed by atoms with Gasteiger partial charge < -0.3 is 4.90 Å². The number of halogens is 3. The van der Waals surface area contributed by atoms with Crippen molar-refractivity contribution in [2.45, 2.75) is 39.3 Å². The maximum atomic E-state index is 12.6. The normalized spacial score (nSPS) is 24.8. The number of ketones is 1. The van der Waals surface area contributed by atoms with Crippen LogP contribution in [0.1, 0.15) is 37.4 Å². The molecule has 1 aromatic rings. The highest BCUT2D eigenvalue weighted by molar-refractivity contribution is 7.09. The summed E-state index contributed by atoms with van der Waals surface area (Å²) in [5.41, 5.74) is -1.99. The van der Waals surface area contributed by atoms with Crippen molar-refractivity contribution in [1.82, 2.24) is 9.88 Å². The number of Topliss-reactive ketones (excluding diaryl/α,β-unsaturated/α-hetero) is 1. The van der Waals surface area contributed by atoms with E-state index in [0.717, 1.165) is 16.7 Å². The van der Waals surface area contributed by atoms with Crippen LogP contribution in [0.4, 0.5) is 13.2 Å². The molecule has 5 nitrogen and oxygen atoms in total. The first-order valence-corrected chi connectivity index (χ1v) is 9.31. The van der Waals surface area contributed by atoms with E-state index < -0.39 is 22.7 Å². The fraction of sp³-hybridized carbons (Fsp3) is 0.556. The lowest BCUT2D eigenvalue weighted by molar-refractivity contribution is -0.141. The molecule has 144 valence electrons. The third kappa shape index (κ3) is 3.76. The van der Waals surface area contributed by atoms with Crippen molar-refractivity contribution in [3.05, 3.63) is 27.7 Å². The van der Waals surface area contributed by atoms with E-state index in [-0.39, 0.29) is 28.7 Å². The first-order valence-electron chi connectivity index (χ1n) is 8.43. The largest absolute Gasteiger partial charge is 0.434 e. The summed E-state index contributed by atoms with van der Waals surface area (Å²) < 4.78 is 37.9. The summed E-state index contributed by atoms with van der Waals surface area (Å²) in [6.45, 7) is 4.38. The summed E-state index contributed by atoms with van der Waals surface area (Å²) in [5.74, 6) is -0.487. The van der Waals surface area contributed by atoms with Gasteiger partial charge in [-0.05, 0) is 12.8 Å². The number of hydrogen-bond acceptors (Lipinski definition) is 5. The number of carbonyl (C=O) groups excluding carboxylic acids is 2. The van der Waals surface area contributed by atoms with Gasteiger partial charge in [-0.2, -0.15) is 18.4 Å². The second kappa shape index (κ2) is 6.44. The van der Waals surface area contributed by atoms with Gasteiger partial charge in [-0.25, -0.2) is 4.98 Å². The van der Waals surface area contributed by atoms with Crippen LogP contribution >= 0.6 is 11.3 Å². The van der Waals surface area contributed by atoms with Gasteiger partial charge in [0.1, 0.15) is 11.1 Å². The molecule has 2 aliphatic rings. The number of likely N-dealkylation sites (tertiary alicyclic amines) is 1. The summed E-state index contributed by atoms with van der Waals surface area (Å²) in [6.07, 6.45) is -1.88. The average molecular weight is 397 g/mol. The van der Waals surface area contributed by atoms with Crippen molar-refractivity contribution in [3.63, 3.8) is 0 Å². The van der Waals surface area contributed by atoms with Gasteiger partial charge in [0.05, 0.1) is 12.0 Å². The average Bonchev–Trinajstić information content (AvgIpc) is 3.18. The van der Waals surface area contributed by atoms with Crippen molar-refractivity contribution >= 4 is 23.0 Å². The van der Waals surface area contributed by atoms with Crippen LogP contribution in [0.15, 0.2) is 17.0 Å². The van der Waals surface area contributed by atoms with Gasteiger partial charge in [0, 0.05) is 29.3 Å². The first kappa shape index (κ1) is 19.5. The lowest BCUT2D eigenvalue weighted by atomic mass is 9.64. The van der Waals surface area contributed by atoms with E-state index in [0.29, 0.717) is 25.9 Å². The van der Waals surface area contributed by atoms with Crippen molar-refractivity contribution in [2.75, 3.05) is 13.1 Å². The maximum absolute atomic E-state index is 12.6. The van der Waals surface area contributed by atoms with Gasteiger partial charge in [-0.3, -0.25) is 9.59 Å². The minimum atomic E-state index is -4.52. The Hall–Kier alpha value is -2.21. The number of nitriles is 1. The lowest BCUT2D eigenvalue weighted by Gasteiger charge is -2.38. The maximum Gasteiger partial charge on any atom is 0.434 e. The molecule has 0 bridgehead atoms. The van der Waals surface area contributed by atoms with Crippen LogP contribution in [0, 0.1) is 22.2 Å². The van der Waals surface area contributed by atoms with Crippen molar-refractivity contribution in [2.24, 2.45) is 10.8 Å². The summed E-state index contributed by atoms with van der Waals surface area (Å²) in [6, 6.07) is 1.95. The van der Waals surface area contributed by atoms with Crippen LogP contribution in [0.2, 0.25) is 0 Å². The van der Waals surface area contributed by atoms with Crippen molar-refractivity contribution in [1.29, 1.82) is 5.26 Å². The van der Waals surface area contributed by atoms with Crippen molar-refractivity contribution < 1.29 is 22.8 Å². The molecule has 1 aliphatic carbocycles. The standard InChI is InChI=1S/C18H18F3N3O2S/c1-16(2)9-17(6-11(7-22)15(16)26)3-4-24(10-17)14(25)5-13-23-12(8-27-13)18(19,20)21/h6,8H,3-5,9-10H2,1-2H3/t17-/m0/s1. The smallest absolute Gasteiger partial charge is 0.341 e. The number of amides is 1. The fourth-order valence-corrected chi connectivity index (χ4v) is 4.76. The summed E-state index contributed by atoms with van der Waals surface area (Å²) in [4.78, 5) is 29.9. The number of alkyl halides is 3. The second-order valence-corrected chi connectivity index (χ2v) is 8.73. The second-order valence-electron chi connectivity index (χ2n) is 7.79. The van der Waals surface area contributed by atoms with E-state index >= 15 is 0 Å². The van der Waals surface area contributed by atoms with Gasteiger partial charge in [-0.1, -0.05) is 19.9 Å². The topological polar surface area (TPSA) is 74.1 Å². The molecular formula is C18H18F3N3O2S. The highest BCUT2D eigenvalue weighted by atomic mass is 32.1. The molecular weight excluding hydrogens is 379 g/mol. The predicted molar refractivity (Wildman–Crippen MR) is 91.6 cm³/mol. The number of hydrogen-bond donors (Lipinski definition) is 0. The Morgan fingerprint density at radius 2 is 2.15 bits per heavy atom. The Balaban J connectivity index is 1.73. The van der Waals surface area contributed by atoms with Crippen LogP contribution in [-0.4, -0.2) is 34.7 Å². The zero-order valence-electron chi connectivity index (χ0n) is 14.9. The van der Waals surface area contributed by atoms with E-state index in [1.807, 2.05) is 6.07 Å². The summed E-state index contributed by atoms with van der Waals surface area (Å²) in [7, 11) is 0. The van der Waals surface area contributed by atoms with Crippen LogP contribution in [-0.2, 0) is 22.2 Å². The Morgan fingerprint density at radius 1 is 1.44 bits per heavy atom. The highest BCUT2D eigenvalue weighted by Crippen LogP contribution is 2.48. The SMILES string of the molecule is CC1(C)C[C@@]2(C=C(C#N)C1=O)CCN(C(=O)Cc1nc(C(F)(F)F)cs1)C2. The molecule has 1 spiro atoms. The van der Waals surface area contributed by atoms with Crippen LogP contribution in [0.25, 0.3) is 0 Å². The molecule has 0 N–H and O–H groups in total. The molecule has 0 aromatic carbocycles. The van der Waals surface area contributed by atoms with Crippen LogP contribution in [0.5, 0.6) is 0 Å². The number of nitrogens with zero attached hydrogens (tertiary/aromatic N) is 3. The Kier molecular flexibility index (Phi) is 4.67. The third-order valence-corrected chi connectivity index (χ3v) is 5.96. The molecule has 27 heavy (non-hydrogen) atoms. The number of allylic oxidation sites excluding steroid dienone is 1. The number of aromatic nitrogens is 1. The Labute approximate surface area is 158 Å². The minimum absolute atomic E-state index is 0.121. The number of carbonyl (C=O) groups is 2. The molecule has 1 aliphatic heterocycles. The monoisotopic (exact) mass is 397 g/mol. The van der Waals surface area contributed by atoms with E-state index in [1.54, 1.807) is 24.8 Å². The fourth-order valence-electron chi connectivity index (χ4n) is 3.97. The molecule has 1 saturated heterocycles. The summed E-state index contributed by atoms with van der Waals surface area (Å²) in [5, 5.41) is 10.3. The van der Waals surface area contributed by atoms with E-state index in [1.165, 1.54) is 0 Å². The molecule has 1 atom stereocenters. The van der Waals surface area contributed by atoms with Gasteiger partial charge in [0.2, 0.25) is 5.91 Å². The number of rotatable bonds is 2. The first-order chi connectivity index (χ1) is 12.5. The Morgan fingerprint density at radius 3 is 2.74 bits per heavy atom. The molecule has 9 heteroatoms. The quantitative estimate of drug-likeness (QED) is 0.767. The molecule has 3 rings (SSSR count). The zero-order valence-corrected chi connectivity index (χ0v) is 15.7. The molecule has 0 unspecified atom stereocenters. The zero-order chi connectivity index (χ0) is 20.0. The minimum Gasteiger partial charge on any atom is -0.341 e.